The van der Waals surface area contributed by atoms with Crippen LogP contribution in [0.3, 0.4) is 0 Å². The zero-order valence-electron chi connectivity index (χ0n) is 12.4. The van der Waals surface area contributed by atoms with Gasteiger partial charge in [0.05, 0.1) is 0 Å². The van der Waals surface area contributed by atoms with Crippen molar-refractivity contribution in [3.8, 4) is 0 Å². The van der Waals surface area contributed by atoms with Gasteiger partial charge < -0.3 is 15.1 Å². The van der Waals surface area contributed by atoms with Gasteiger partial charge in [0, 0.05) is 45.7 Å². The Morgan fingerprint density at radius 1 is 1.50 bits per heavy atom. The molecule has 1 N–H and O–H groups in total. The molecule has 0 spiro atoms. The van der Waals surface area contributed by atoms with Crippen LogP contribution in [0, 0.1) is 5.92 Å². The lowest BCUT2D eigenvalue weighted by molar-refractivity contribution is -0.131. The summed E-state index contributed by atoms with van der Waals surface area (Å²) in [5.74, 6) is 1.00. The molecule has 1 aliphatic rings. The van der Waals surface area contributed by atoms with Gasteiger partial charge >= 0.3 is 0 Å². The van der Waals surface area contributed by atoms with E-state index in [1.54, 1.807) is 0 Å². The average molecular weight is 255 g/mol. The van der Waals surface area contributed by atoms with Crippen LogP contribution in [0.1, 0.15) is 33.1 Å². The van der Waals surface area contributed by atoms with E-state index >= 15 is 0 Å². The molecule has 18 heavy (non-hydrogen) atoms. The first kappa shape index (κ1) is 15.4. The Labute approximate surface area is 112 Å². The summed E-state index contributed by atoms with van der Waals surface area (Å²) in [7, 11) is 4.04. The average Bonchev–Trinajstić information content (AvgIpc) is 2.31. The number of hydrogen-bond donors (Lipinski definition) is 1. The van der Waals surface area contributed by atoms with E-state index in [0.29, 0.717) is 12.5 Å². The number of nitrogens with zero attached hydrogens (tertiary/aromatic N) is 2. The van der Waals surface area contributed by atoms with Gasteiger partial charge in [-0.3, -0.25) is 4.79 Å². The molecule has 1 fully saturated rings. The number of carbonyl (C=O) groups is 1. The molecule has 106 valence electrons. The van der Waals surface area contributed by atoms with Gasteiger partial charge in [0.2, 0.25) is 5.91 Å². The predicted octanol–water partition coefficient (Wildman–Crippen LogP) is 1.17. The Kier molecular flexibility index (Phi) is 6.65. The minimum absolute atomic E-state index is 0.277. The molecule has 0 saturated carbocycles. The van der Waals surface area contributed by atoms with Gasteiger partial charge in [0.25, 0.3) is 0 Å². The van der Waals surface area contributed by atoms with Gasteiger partial charge in [-0.05, 0) is 25.8 Å². The maximum absolute atomic E-state index is 12.1. The first-order valence-corrected chi connectivity index (χ1v) is 7.15. The first-order chi connectivity index (χ1) is 8.50. The fourth-order valence-electron chi connectivity index (χ4n) is 2.31. The summed E-state index contributed by atoms with van der Waals surface area (Å²) in [4.78, 5) is 16.3. The Morgan fingerprint density at radius 3 is 2.83 bits per heavy atom. The highest BCUT2D eigenvalue weighted by Gasteiger charge is 2.22. The Hall–Kier alpha value is -0.610. The molecule has 0 aromatic rings. The van der Waals surface area contributed by atoms with Crippen molar-refractivity contribution in [2.75, 3.05) is 40.3 Å². The van der Waals surface area contributed by atoms with Crippen molar-refractivity contribution in [1.82, 2.24) is 15.1 Å². The third-order valence-corrected chi connectivity index (χ3v) is 3.76. The maximum Gasteiger partial charge on any atom is 0.223 e. The predicted molar refractivity (Wildman–Crippen MR) is 75.6 cm³/mol. The Morgan fingerprint density at radius 2 is 2.22 bits per heavy atom. The number of nitrogens with one attached hydrogen (secondary N) is 1. The highest BCUT2D eigenvalue weighted by atomic mass is 16.2. The minimum atomic E-state index is 0.277. The molecule has 4 nitrogen and oxygen atoms in total. The van der Waals surface area contributed by atoms with Gasteiger partial charge in [0.15, 0.2) is 0 Å². The summed E-state index contributed by atoms with van der Waals surface area (Å²) < 4.78 is 0. The second-order valence-electron chi connectivity index (χ2n) is 5.89. The number of rotatable bonds is 6. The normalized spacial score (nSPS) is 21.3. The number of amides is 1. The van der Waals surface area contributed by atoms with Crippen LogP contribution in [0.25, 0.3) is 0 Å². The van der Waals surface area contributed by atoms with E-state index < -0.39 is 0 Å². The third-order valence-electron chi connectivity index (χ3n) is 3.76. The molecule has 1 atom stereocenters. The molecule has 1 amide bonds. The van der Waals surface area contributed by atoms with Gasteiger partial charge in [-0.2, -0.15) is 0 Å². The number of carbonyl (C=O) groups excluding carboxylic acids is 1. The summed E-state index contributed by atoms with van der Waals surface area (Å²) >= 11 is 0. The molecule has 1 aliphatic heterocycles. The lowest BCUT2D eigenvalue weighted by Crippen LogP contribution is -2.51. The molecule has 0 bridgehead atoms. The zero-order valence-corrected chi connectivity index (χ0v) is 12.4. The minimum Gasteiger partial charge on any atom is -0.346 e. The fourth-order valence-corrected chi connectivity index (χ4v) is 2.31. The van der Waals surface area contributed by atoms with Crippen LogP contribution in [-0.4, -0.2) is 62.0 Å². The van der Waals surface area contributed by atoms with E-state index in [-0.39, 0.29) is 5.91 Å². The molecule has 1 unspecified atom stereocenters. The largest absolute Gasteiger partial charge is 0.346 e. The number of likely N-dealkylation sites (N-methyl/N-ethyl adjacent to an activating group) is 1. The molecule has 4 heteroatoms. The van der Waals surface area contributed by atoms with Crippen LogP contribution >= 0.6 is 0 Å². The van der Waals surface area contributed by atoms with E-state index in [1.165, 1.54) is 6.42 Å². The standard InChI is InChI=1S/C14H29N3O/c1-12(2)6-5-8-17(4)14(18)10-13-11-15-7-9-16(13)3/h12-13,15H,5-11H2,1-4H3. The summed E-state index contributed by atoms with van der Waals surface area (Å²) in [5, 5.41) is 3.36. The SMILES string of the molecule is CC(C)CCCN(C)C(=O)CC1CNCCN1C. The highest BCUT2D eigenvalue weighted by Crippen LogP contribution is 2.08. The second kappa shape index (κ2) is 7.74. The van der Waals surface area contributed by atoms with E-state index in [2.05, 4.69) is 31.1 Å². The quantitative estimate of drug-likeness (QED) is 0.774. The second-order valence-corrected chi connectivity index (χ2v) is 5.89. The molecule has 0 radical (unpaired) electrons. The van der Waals surface area contributed by atoms with Gasteiger partial charge in [-0.15, -0.1) is 0 Å². The molecule has 1 heterocycles. The van der Waals surface area contributed by atoms with Crippen molar-refractivity contribution in [2.45, 2.75) is 39.2 Å². The Balaban J connectivity index is 2.26. The topological polar surface area (TPSA) is 35.6 Å². The van der Waals surface area contributed by atoms with Crippen LogP contribution in [0.2, 0.25) is 0 Å². The zero-order chi connectivity index (χ0) is 13.5. The van der Waals surface area contributed by atoms with Crippen LogP contribution in [0.4, 0.5) is 0 Å². The lowest BCUT2D eigenvalue weighted by atomic mass is 10.1. The molecule has 0 aromatic heterocycles. The van der Waals surface area contributed by atoms with E-state index in [4.69, 9.17) is 0 Å². The number of hydrogen-bond acceptors (Lipinski definition) is 3. The number of piperazine rings is 1. The third kappa shape index (κ3) is 5.36. The highest BCUT2D eigenvalue weighted by molar-refractivity contribution is 5.76. The Bertz CT molecular complexity index is 255. The van der Waals surface area contributed by atoms with Crippen molar-refractivity contribution in [3.05, 3.63) is 0 Å². The summed E-state index contributed by atoms with van der Waals surface area (Å²) in [6, 6.07) is 0.360. The van der Waals surface area contributed by atoms with Crippen molar-refractivity contribution < 1.29 is 4.79 Å². The van der Waals surface area contributed by atoms with Crippen LogP contribution in [-0.2, 0) is 4.79 Å². The molecule has 0 aromatic carbocycles. The van der Waals surface area contributed by atoms with Crippen molar-refractivity contribution in [3.63, 3.8) is 0 Å². The molecular formula is C14H29N3O. The lowest BCUT2D eigenvalue weighted by Gasteiger charge is -2.33. The van der Waals surface area contributed by atoms with E-state index in [9.17, 15) is 4.79 Å². The van der Waals surface area contributed by atoms with Crippen molar-refractivity contribution >= 4 is 5.91 Å². The van der Waals surface area contributed by atoms with Crippen molar-refractivity contribution in [2.24, 2.45) is 5.92 Å². The summed E-state index contributed by atoms with van der Waals surface area (Å²) in [5.41, 5.74) is 0. The van der Waals surface area contributed by atoms with Crippen molar-refractivity contribution in [1.29, 1.82) is 0 Å². The van der Waals surface area contributed by atoms with Crippen LogP contribution in [0.15, 0.2) is 0 Å². The molecule has 1 rings (SSSR count). The maximum atomic E-state index is 12.1. The van der Waals surface area contributed by atoms with E-state index in [1.807, 2.05) is 11.9 Å². The van der Waals surface area contributed by atoms with E-state index in [0.717, 1.165) is 38.5 Å². The summed E-state index contributed by atoms with van der Waals surface area (Å²) in [6.07, 6.45) is 2.95. The monoisotopic (exact) mass is 255 g/mol. The van der Waals surface area contributed by atoms with Gasteiger partial charge in [-0.25, -0.2) is 0 Å². The van der Waals surface area contributed by atoms with Gasteiger partial charge in [0.1, 0.15) is 0 Å². The van der Waals surface area contributed by atoms with Gasteiger partial charge in [-0.1, -0.05) is 13.8 Å². The smallest absolute Gasteiger partial charge is 0.223 e. The first-order valence-electron chi connectivity index (χ1n) is 7.15. The molecular weight excluding hydrogens is 226 g/mol. The molecule has 1 saturated heterocycles. The van der Waals surface area contributed by atoms with Crippen LogP contribution in [0.5, 0.6) is 0 Å². The molecule has 0 aliphatic carbocycles. The fraction of sp³-hybridized carbons (Fsp3) is 0.929. The van der Waals surface area contributed by atoms with Crippen LogP contribution < -0.4 is 5.32 Å². The summed E-state index contributed by atoms with van der Waals surface area (Å²) in [6.45, 7) is 8.35.